The summed E-state index contributed by atoms with van der Waals surface area (Å²) in [5, 5.41) is 0. The van der Waals surface area contributed by atoms with Gasteiger partial charge in [-0.25, -0.2) is 8.42 Å². The number of nitrogens with zero attached hydrogens (tertiary/aromatic N) is 3. The fourth-order valence-electron chi connectivity index (χ4n) is 3.71. The minimum Gasteiger partial charge on any atom is -0.330 e. The van der Waals surface area contributed by atoms with Crippen molar-refractivity contribution < 1.29 is 18.0 Å². The molecule has 1 aromatic rings. The van der Waals surface area contributed by atoms with Crippen molar-refractivity contribution in [1.29, 1.82) is 0 Å². The Bertz CT molecular complexity index is 822. The van der Waals surface area contributed by atoms with E-state index in [1.165, 1.54) is 10.5 Å². The number of amides is 2. The van der Waals surface area contributed by atoms with Crippen molar-refractivity contribution in [2.45, 2.75) is 25.4 Å². The van der Waals surface area contributed by atoms with E-state index in [4.69, 9.17) is 0 Å². The van der Waals surface area contributed by atoms with Gasteiger partial charge in [-0.3, -0.25) is 9.59 Å². The first-order chi connectivity index (χ1) is 12.8. The summed E-state index contributed by atoms with van der Waals surface area (Å²) in [5.74, 6) is -1.09. The molecule has 1 aromatic carbocycles. The number of hydrogen-bond acceptors (Lipinski definition) is 5. The van der Waals surface area contributed by atoms with E-state index in [1.54, 1.807) is 4.90 Å². The summed E-state index contributed by atoms with van der Waals surface area (Å²) in [7, 11) is 0.637. The summed E-state index contributed by atoms with van der Waals surface area (Å²) in [6.07, 6.45) is 1.13. The molecule has 0 saturated carbocycles. The van der Waals surface area contributed by atoms with Crippen molar-refractivity contribution in [3.63, 3.8) is 0 Å². The third-order valence-corrected chi connectivity index (χ3v) is 7.05. The molecule has 1 fully saturated rings. The number of hydrogen-bond donors (Lipinski definition) is 0. The molecular formula is C19H27N3O4S. The zero-order valence-corrected chi connectivity index (χ0v) is 16.7. The number of carbonyl (C=O) groups is 2. The third-order valence-electron chi connectivity index (χ3n) is 5.30. The Hall–Kier alpha value is -1.93. The van der Waals surface area contributed by atoms with E-state index < -0.39 is 27.7 Å². The van der Waals surface area contributed by atoms with Crippen LogP contribution in [-0.2, 0) is 32.4 Å². The maximum absolute atomic E-state index is 13.0. The summed E-state index contributed by atoms with van der Waals surface area (Å²) in [5.41, 5.74) is 2.27. The zero-order chi connectivity index (χ0) is 19.6. The monoisotopic (exact) mass is 393 g/mol. The molecule has 0 aliphatic carbocycles. The van der Waals surface area contributed by atoms with Gasteiger partial charge in [0.05, 0.1) is 11.5 Å². The summed E-state index contributed by atoms with van der Waals surface area (Å²) in [4.78, 5) is 30.9. The number of carbonyl (C=O) groups excluding carboxylic acids is 2. The second-order valence-corrected chi connectivity index (χ2v) is 9.83. The Morgan fingerprint density at radius 3 is 2.48 bits per heavy atom. The Balaban J connectivity index is 1.74. The topological polar surface area (TPSA) is 78.0 Å². The molecule has 2 aliphatic rings. The van der Waals surface area contributed by atoms with Gasteiger partial charge in [0.1, 0.15) is 0 Å². The van der Waals surface area contributed by atoms with Crippen LogP contribution < -0.4 is 0 Å². The van der Waals surface area contributed by atoms with E-state index in [0.717, 1.165) is 12.0 Å². The van der Waals surface area contributed by atoms with Crippen molar-refractivity contribution in [2.75, 3.05) is 45.2 Å². The van der Waals surface area contributed by atoms with E-state index in [-0.39, 0.29) is 11.5 Å². The molecule has 2 heterocycles. The maximum Gasteiger partial charge on any atom is 0.312 e. The third kappa shape index (κ3) is 4.68. The van der Waals surface area contributed by atoms with Gasteiger partial charge < -0.3 is 14.7 Å². The average Bonchev–Trinajstić information content (AvgIpc) is 3.00. The molecule has 1 saturated heterocycles. The second-order valence-electron chi connectivity index (χ2n) is 7.60. The van der Waals surface area contributed by atoms with Gasteiger partial charge in [-0.1, -0.05) is 24.3 Å². The largest absolute Gasteiger partial charge is 0.330 e. The number of benzene rings is 1. The van der Waals surface area contributed by atoms with Crippen LogP contribution in [0.1, 0.15) is 17.5 Å². The lowest BCUT2D eigenvalue weighted by Crippen LogP contribution is -2.52. The van der Waals surface area contributed by atoms with E-state index in [0.29, 0.717) is 32.6 Å². The molecule has 0 spiro atoms. The van der Waals surface area contributed by atoms with E-state index in [2.05, 4.69) is 0 Å². The highest BCUT2D eigenvalue weighted by Crippen LogP contribution is 2.21. The van der Waals surface area contributed by atoms with Gasteiger partial charge in [-0.15, -0.1) is 0 Å². The highest BCUT2D eigenvalue weighted by Gasteiger charge is 2.38. The lowest BCUT2D eigenvalue weighted by Gasteiger charge is -2.33. The Morgan fingerprint density at radius 1 is 1.15 bits per heavy atom. The van der Waals surface area contributed by atoms with Crippen LogP contribution in [0.15, 0.2) is 24.3 Å². The van der Waals surface area contributed by atoms with Crippen molar-refractivity contribution in [3.05, 3.63) is 35.4 Å². The summed E-state index contributed by atoms with van der Waals surface area (Å²) in [6, 6.07) is 7.52. The van der Waals surface area contributed by atoms with Crippen LogP contribution in [0.2, 0.25) is 0 Å². The van der Waals surface area contributed by atoms with Crippen LogP contribution in [0.3, 0.4) is 0 Å². The van der Waals surface area contributed by atoms with Gasteiger partial charge in [0.25, 0.3) is 0 Å². The van der Waals surface area contributed by atoms with Gasteiger partial charge in [-0.2, -0.15) is 0 Å². The Kier molecular flexibility index (Phi) is 5.86. The SMILES string of the molecule is CN(C)CCN(C(=O)C(=O)N1CCc2ccccc2C1)C1CCS(=O)(=O)C1. The van der Waals surface area contributed by atoms with Gasteiger partial charge in [0, 0.05) is 32.2 Å². The van der Waals surface area contributed by atoms with Crippen molar-refractivity contribution >= 4 is 21.7 Å². The molecule has 8 heteroatoms. The molecule has 2 amide bonds. The Labute approximate surface area is 160 Å². The first-order valence-electron chi connectivity index (χ1n) is 9.28. The van der Waals surface area contributed by atoms with Crippen LogP contribution in [-0.4, -0.2) is 86.2 Å². The van der Waals surface area contributed by atoms with Crippen molar-refractivity contribution in [3.8, 4) is 0 Å². The molecule has 2 aliphatic heterocycles. The van der Waals surface area contributed by atoms with Crippen molar-refractivity contribution in [1.82, 2.24) is 14.7 Å². The minimum atomic E-state index is -3.14. The van der Waals surface area contributed by atoms with E-state index >= 15 is 0 Å². The lowest BCUT2D eigenvalue weighted by atomic mass is 10.00. The first kappa shape index (κ1) is 19.8. The van der Waals surface area contributed by atoms with Gasteiger partial charge in [0.2, 0.25) is 0 Å². The molecule has 0 N–H and O–H groups in total. The highest BCUT2D eigenvalue weighted by atomic mass is 32.2. The van der Waals surface area contributed by atoms with E-state index in [9.17, 15) is 18.0 Å². The van der Waals surface area contributed by atoms with Gasteiger partial charge >= 0.3 is 11.8 Å². The normalized spacial score (nSPS) is 21.1. The molecule has 1 unspecified atom stereocenters. The second kappa shape index (κ2) is 7.98. The minimum absolute atomic E-state index is 0.0533. The number of sulfone groups is 1. The standard InChI is InChI=1S/C19H27N3O4S/c1-20(2)10-11-22(17-8-12-27(25,26)14-17)19(24)18(23)21-9-7-15-5-3-4-6-16(15)13-21/h3-6,17H,7-14H2,1-2H3. The van der Waals surface area contributed by atoms with Crippen molar-refractivity contribution in [2.24, 2.45) is 0 Å². The van der Waals surface area contributed by atoms with Gasteiger partial charge in [0.15, 0.2) is 9.84 Å². The molecule has 27 heavy (non-hydrogen) atoms. The zero-order valence-electron chi connectivity index (χ0n) is 15.9. The summed E-state index contributed by atoms with van der Waals surface area (Å²) >= 11 is 0. The summed E-state index contributed by atoms with van der Waals surface area (Å²) in [6.45, 7) is 1.86. The highest BCUT2D eigenvalue weighted by molar-refractivity contribution is 7.91. The van der Waals surface area contributed by atoms with Crippen LogP contribution in [0.25, 0.3) is 0 Å². The summed E-state index contributed by atoms with van der Waals surface area (Å²) < 4.78 is 23.7. The molecule has 3 rings (SSSR count). The number of fused-ring (bicyclic) bond motifs is 1. The molecule has 1 atom stereocenters. The van der Waals surface area contributed by atoms with Crippen LogP contribution in [0.5, 0.6) is 0 Å². The van der Waals surface area contributed by atoms with Crippen LogP contribution >= 0.6 is 0 Å². The fourth-order valence-corrected chi connectivity index (χ4v) is 5.44. The predicted molar refractivity (Wildman–Crippen MR) is 103 cm³/mol. The quantitative estimate of drug-likeness (QED) is 0.681. The number of likely N-dealkylation sites (N-methyl/N-ethyl adjacent to an activating group) is 1. The van der Waals surface area contributed by atoms with E-state index in [1.807, 2.05) is 43.3 Å². The molecule has 148 valence electrons. The molecular weight excluding hydrogens is 366 g/mol. The number of rotatable bonds is 4. The first-order valence-corrected chi connectivity index (χ1v) is 11.1. The smallest absolute Gasteiger partial charge is 0.312 e. The van der Waals surface area contributed by atoms with Crippen LogP contribution in [0, 0.1) is 0 Å². The molecule has 0 bridgehead atoms. The lowest BCUT2D eigenvalue weighted by molar-refractivity contribution is -0.153. The van der Waals surface area contributed by atoms with Gasteiger partial charge in [-0.05, 0) is 38.1 Å². The average molecular weight is 394 g/mol. The Morgan fingerprint density at radius 2 is 1.85 bits per heavy atom. The molecule has 7 nitrogen and oxygen atoms in total. The maximum atomic E-state index is 13.0. The molecule has 0 radical (unpaired) electrons. The predicted octanol–water partition coefficient (Wildman–Crippen LogP) is 0.149. The van der Waals surface area contributed by atoms with Crippen LogP contribution in [0.4, 0.5) is 0 Å². The molecule has 0 aromatic heterocycles. The fraction of sp³-hybridized carbons (Fsp3) is 0.579.